The largest absolute Gasteiger partial charge is 0.270 e. The van der Waals surface area contributed by atoms with E-state index in [1.807, 2.05) is 0 Å². The van der Waals surface area contributed by atoms with E-state index in [-0.39, 0.29) is 11.4 Å². The van der Waals surface area contributed by atoms with Crippen molar-refractivity contribution < 1.29 is 12.6 Å². The van der Waals surface area contributed by atoms with Gasteiger partial charge in [0, 0.05) is 5.92 Å². The number of hydrogen-bond acceptors (Lipinski definition) is 3. The third-order valence-corrected chi connectivity index (χ3v) is 5.67. The van der Waals surface area contributed by atoms with E-state index < -0.39 is 10.1 Å². The number of rotatable bonds is 0. The van der Waals surface area contributed by atoms with E-state index in [2.05, 4.69) is 6.92 Å². The first-order chi connectivity index (χ1) is 5.59. The highest BCUT2D eigenvalue weighted by Gasteiger charge is 2.62. The van der Waals surface area contributed by atoms with Crippen molar-refractivity contribution >= 4 is 10.1 Å². The molecule has 3 rings (SSSR count). The van der Waals surface area contributed by atoms with Gasteiger partial charge in [-0.3, -0.25) is 4.18 Å². The van der Waals surface area contributed by atoms with Crippen LogP contribution in [0.15, 0.2) is 0 Å². The molecule has 0 amide bonds. The zero-order chi connectivity index (χ0) is 8.51. The second-order valence-corrected chi connectivity index (χ2v) is 6.12. The highest BCUT2D eigenvalue weighted by molar-refractivity contribution is 7.87. The van der Waals surface area contributed by atoms with Crippen molar-refractivity contribution in [3.63, 3.8) is 0 Å². The Kier molecular flexibility index (Phi) is 1.14. The van der Waals surface area contributed by atoms with Crippen molar-refractivity contribution in [1.29, 1.82) is 0 Å². The molecule has 5 atom stereocenters. The standard InChI is InChI=1S/C8H12O3S/c1-4-5-2-6-8(4)7(3-5)12(9,10)11-6/h4-8H,2-3H2,1H3/t4-,5?,6?,7?,8?/m0/s1. The van der Waals surface area contributed by atoms with Gasteiger partial charge in [0.05, 0.1) is 11.4 Å². The van der Waals surface area contributed by atoms with E-state index in [1.165, 1.54) is 0 Å². The molecule has 0 radical (unpaired) electrons. The Hall–Kier alpha value is -0.0900. The van der Waals surface area contributed by atoms with E-state index in [0.717, 1.165) is 12.8 Å². The molecule has 4 heteroatoms. The summed E-state index contributed by atoms with van der Waals surface area (Å²) < 4.78 is 27.9. The van der Waals surface area contributed by atoms with Gasteiger partial charge in [0.25, 0.3) is 10.1 Å². The highest BCUT2D eigenvalue weighted by atomic mass is 32.2. The summed E-state index contributed by atoms with van der Waals surface area (Å²) in [6, 6.07) is 0. The van der Waals surface area contributed by atoms with Crippen LogP contribution in [0.25, 0.3) is 0 Å². The average molecular weight is 188 g/mol. The highest BCUT2D eigenvalue weighted by Crippen LogP contribution is 2.57. The van der Waals surface area contributed by atoms with Gasteiger partial charge < -0.3 is 0 Å². The maximum Gasteiger partial charge on any atom is 0.270 e. The van der Waals surface area contributed by atoms with Crippen molar-refractivity contribution in [1.82, 2.24) is 0 Å². The molecule has 2 bridgehead atoms. The molecule has 0 aromatic heterocycles. The van der Waals surface area contributed by atoms with Crippen molar-refractivity contribution in [2.45, 2.75) is 31.1 Å². The molecule has 0 aromatic rings. The van der Waals surface area contributed by atoms with Gasteiger partial charge in [-0.2, -0.15) is 8.42 Å². The fourth-order valence-electron chi connectivity index (χ4n) is 3.32. The predicted octanol–water partition coefficient (Wildman–Crippen LogP) is 0.759. The monoisotopic (exact) mass is 188 g/mol. The van der Waals surface area contributed by atoms with Gasteiger partial charge in [0.15, 0.2) is 0 Å². The first-order valence-corrected chi connectivity index (χ1v) is 5.99. The predicted molar refractivity (Wildman–Crippen MR) is 43.0 cm³/mol. The van der Waals surface area contributed by atoms with Crippen LogP contribution in [-0.4, -0.2) is 19.8 Å². The van der Waals surface area contributed by atoms with E-state index in [4.69, 9.17) is 4.18 Å². The molecular weight excluding hydrogens is 176 g/mol. The average Bonchev–Trinajstić information content (AvgIpc) is 2.46. The summed E-state index contributed by atoms with van der Waals surface area (Å²) in [7, 11) is -3.16. The van der Waals surface area contributed by atoms with Gasteiger partial charge in [0.1, 0.15) is 0 Å². The number of fused-ring (bicyclic) bond motifs is 1. The van der Waals surface area contributed by atoms with Crippen molar-refractivity contribution in [2.75, 3.05) is 0 Å². The summed E-state index contributed by atoms with van der Waals surface area (Å²) in [5, 5.41) is -0.156. The molecule has 1 aliphatic heterocycles. The fraction of sp³-hybridized carbons (Fsp3) is 1.00. The van der Waals surface area contributed by atoms with Crippen LogP contribution in [0, 0.1) is 17.8 Å². The van der Waals surface area contributed by atoms with E-state index in [0.29, 0.717) is 17.8 Å². The van der Waals surface area contributed by atoms with Crippen LogP contribution < -0.4 is 0 Å². The SMILES string of the molecule is C[C@H]1C2CC3OS(=O)(=O)C(C2)C31. The summed E-state index contributed by atoms with van der Waals surface area (Å²) in [6.07, 6.45) is 1.86. The Bertz CT molecular complexity index is 321. The van der Waals surface area contributed by atoms with Gasteiger partial charge in [-0.15, -0.1) is 0 Å². The third-order valence-electron chi connectivity index (χ3n) is 3.91. The molecule has 0 aromatic carbocycles. The summed E-state index contributed by atoms with van der Waals surface area (Å²) >= 11 is 0. The molecule has 0 N–H and O–H groups in total. The molecule has 4 unspecified atom stereocenters. The van der Waals surface area contributed by atoms with Crippen LogP contribution in [0.5, 0.6) is 0 Å². The maximum absolute atomic E-state index is 11.4. The summed E-state index contributed by atoms with van der Waals surface area (Å²) in [5.74, 6) is 1.50. The van der Waals surface area contributed by atoms with Crippen molar-refractivity contribution in [3.8, 4) is 0 Å². The summed E-state index contributed by atoms with van der Waals surface area (Å²) in [5.41, 5.74) is 0. The lowest BCUT2D eigenvalue weighted by Crippen LogP contribution is -2.22. The Morgan fingerprint density at radius 3 is 2.58 bits per heavy atom. The molecule has 2 saturated carbocycles. The van der Waals surface area contributed by atoms with Crippen LogP contribution in [0.4, 0.5) is 0 Å². The minimum Gasteiger partial charge on any atom is -0.266 e. The van der Waals surface area contributed by atoms with Crippen LogP contribution in [0.1, 0.15) is 19.8 Å². The minimum absolute atomic E-state index is 0.0359. The van der Waals surface area contributed by atoms with Crippen LogP contribution in [0.2, 0.25) is 0 Å². The molecule has 3 nitrogen and oxygen atoms in total. The van der Waals surface area contributed by atoms with Crippen LogP contribution in [0.3, 0.4) is 0 Å². The number of hydrogen-bond donors (Lipinski definition) is 0. The second-order valence-electron chi connectivity index (χ2n) is 4.33. The Labute approximate surface area is 72.2 Å². The zero-order valence-corrected chi connectivity index (χ0v) is 7.75. The molecular formula is C8H12O3S. The molecule has 3 aliphatic rings. The smallest absolute Gasteiger partial charge is 0.266 e. The fourth-order valence-corrected chi connectivity index (χ4v) is 5.31. The molecule has 2 aliphatic carbocycles. The van der Waals surface area contributed by atoms with Crippen molar-refractivity contribution in [2.24, 2.45) is 17.8 Å². The van der Waals surface area contributed by atoms with Gasteiger partial charge in [0.2, 0.25) is 0 Å². The molecule has 3 fully saturated rings. The van der Waals surface area contributed by atoms with Gasteiger partial charge in [-0.05, 0) is 24.7 Å². The molecule has 0 spiro atoms. The third kappa shape index (κ3) is 0.646. The Morgan fingerprint density at radius 2 is 2.08 bits per heavy atom. The normalized spacial score (nSPS) is 59.6. The van der Waals surface area contributed by atoms with E-state index in [1.54, 1.807) is 0 Å². The quantitative estimate of drug-likeness (QED) is 0.527. The van der Waals surface area contributed by atoms with Crippen molar-refractivity contribution in [3.05, 3.63) is 0 Å². The molecule has 12 heavy (non-hydrogen) atoms. The first kappa shape index (κ1) is 7.33. The van der Waals surface area contributed by atoms with Crippen LogP contribution in [-0.2, 0) is 14.3 Å². The molecule has 1 heterocycles. The zero-order valence-electron chi connectivity index (χ0n) is 6.93. The lowest BCUT2D eigenvalue weighted by molar-refractivity contribution is 0.191. The maximum atomic E-state index is 11.4. The van der Waals surface area contributed by atoms with E-state index >= 15 is 0 Å². The lowest BCUT2D eigenvalue weighted by Gasteiger charge is -2.11. The van der Waals surface area contributed by atoms with E-state index in [9.17, 15) is 8.42 Å². The summed E-state index contributed by atoms with van der Waals surface area (Å²) in [6.45, 7) is 2.17. The summed E-state index contributed by atoms with van der Waals surface area (Å²) in [4.78, 5) is 0. The topological polar surface area (TPSA) is 43.4 Å². The van der Waals surface area contributed by atoms with Gasteiger partial charge >= 0.3 is 0 Å². The first-order valence-electron chi connectivity index (χ1n) is 4.52. The van der Waals surface area contributed by atoms with Gasteiger partial charge in [-0.1, -0.05) is 6.92 Å². The second kappa shape index (κ2) is 1.87. The molecule has 1 saturated heterocycles. The Balaban J connectivity index is 2.12. The Morgan fingerprint density at radius 1 is 1.33 bits per heavy atom. The van der Waals surface area contributed by atoms with Crippen LogP contribution >= 0.6 is 0 Å². The minimum atomic E-state index is -3.16. The lowest BCUT2D eigenvalue weighted by atomic mass is 9.97. The molecule has 68 valence electrons. The van der Waals surface area contributed by atoms with Gasteiger partial charge in [-0.25, -0.2) is 0 Å².